The van der Waals surface area contributed by atoms with E-state index in [0.717, 1.165) is 16.2 Å². The second kappa shape index (κ2) is 5.59. The molecular weight excluding hydrogens is 251 g/mol. The number of hydrogen-bond acceptors (Lipinski definition) is 1. The summed E-state index contributed by atoms with van der Waals surface area (Å²) >= 11 is 0. The lowest BCUT2D eigenvalue weighted by atomic mass is 10.1. The van der Waals surface area contributed by atoms with Gasteiger partial charge in [-0.25, -0.2) is 0 Å². The van der Waals surface area contributed by atoms with E-state index in [1.54, 1.807) is 6.08 Å². The molecular formula is C17H19OP. The van der Waals surface area contributed by atoms with Crippen LogP contribution in [0.15, 0.2) is 61.2 Å². The van der Waals surface area contributed by atoms with Crippen molar-refractivity contribution >= 4 is 17.8 Å². The van der Waals surface area contributed by atoms with Crippen molar-refractivity contribution in [1.29, 1.82) is 0 Å². The van der Waals surface area contributed by atoms with E-state index in [1.807, 2.05) is 49.4 Å². The molecule has 0 saturated carbocycles. The highest BCUT2D eigenvalue weighted by Gasteiger charge is 2.27. The van der Waals surface area contributed by atoms with E-state index in [-0.39, 0.29) is 0 Å². The van der Waals surface area contributed by atoms with Gasteiger partial charge < -0.3 is 4.57 Å². The second-order valence-electron chi connectivity index (χ2n) is 4.77. The molecule has 2 aromatic rings. The van der Waals surface area contributed by atoms with Gasteiger partial charge in [-0.3, -0.25) is 0 Å². The highest BCUT2D eigenvalue weighted by atomic mass is 31.2. The largest absolute Gasteiger partial charge is 0.313 e. The summed E-state index contributed by atoms with van der Waals surface area (Å²) in [5.74, 6) is 0. The van der Waals surface area contributed by atoms with Crippen molar-refractivity contribution < 1.29 is 4.57 Å². The van der Waals surface area contributed by atoms with Crippen molar-refractivity contribution in [1.82, 2.24) is 0 Å². The second-order valence-corrected chi connectivity index (χ2v) is 7.61. The highest BCUT2D eigenvalue weighted by molar-refractivity contribution is 7.79. The van der Waals surface area contributed by atoms with E-state index < -0.39 is 7.14 Å². The van der Waals surface area contributed by atoms with Crippen LogP contribution < -0.4 is 10.6 Å². The van der Waals surface area contributed by atoms with Crippen LogP contribution in [0.3, 0.4) is 0 Å². The lowest BCUT2D eigenvalue weighted by Gasteiger charge is -2.20. The van der Waals surface area contributed by atoms with Gasteiger partial charge in [-0.05, 0) is 25.0 Å². The van der Waals surface area contributed by atoms with Gasteiger partial charge in [-0.2, -0.15) is 0 Å². The molecule has 0 aliphatic rings. The normalized spacial score (nSPS) is 13.8. The fraction of sp³-hybridized carbons (Fsp3) is 0.176. The van der Waals surface area contributed by atoms with E-state index in [4.69, 9.17) is 0 Å². The molecule has 0 heterocycles. The summed E-state index contributed by atoms with van der Waals surface area (Å²) in [4.78, 5) is 0. The molecule has 0 aliphatic carbocycles. The summed E-state index contributed by atoms with van der Waals surface area (Å²) in [6.45, 7) is 7.88. The van der Waals surface area contributed by atoms with E-state index in [9.17, 15) is 4.57 Å². The molecule has 98 valence electrons. The van der Waals surface area contributed by atoms with Crippen LogP contribution in [0, 0.1) is 13.8 Å². The van der Waals surface area contributed by atoms with Gasteiger partial charge in [0.05, 0.1) is 0 Å². The Balaban J connectivity index is 2.67. The maximum Gasteiger partial charge on any atom is 0.147 e. The third-order valence-corrected chi connectivity index (χ3v) is 6.69. The molecule has 0 amide bonds. The Morgan fingerprint density at radius 2 is 1.74 bits per heavy atom. The molecule has 0 saturated heterocycles. The number of benzene rings is 2. The molecule has 0 aromatic heterocycles. The maximum absolute atomic E-state index is 13.5. The third kappa shape index (κ3) is 2.57. The maximum atomic E-state index is 13.5. The van der Waals surface area contributed by atoms with Crippen LogP contribution in [-0.2, 0) is 4.57 Å². The van der Waals surface area contributed by atoms with Crippen molar-refractivity contribution in [2.75, 3.05) is 6.16 Å². The first-order valence-corrected chi connectivity index (χ1v) is 8.31. The Kier molecular flexibility index (Phi) is 4.07. The molecule has 0 bridgehead atoms. The zero-order chi connectivity index (χ0) is 13.9. The van der Waals surface area contributed by atoms with Gasteiger partial charge in [0.1, 0.15) is 7.14 Å². The Hall–Kier alpha value is -1.59. The van der Waals surface area contributed by atoms with Crippen molar-refractivity contribution in [3.8, 4) is 0 Å². The smallest absolute Gasteiger partial charge is 0.147 e. The van der Waals surface area contributed by atoms with Crippen molar-refractivity contribution in [2.45, 2.75) is 13.8 Å². The van der Waals surface area contributed by atoms with Crippen LogP contribution in [0.25, 0.3) is 0 Å². The average Bonchev–Trinajstić information content (AvgIpc) is 2.43. The third-order valence-electron chi connectivity index (χ3n) is 3.52. The van der Waals surface area contributed by atoms with Crippen molar-refractivity contribution in [3.05, 3.63) is 72.3 Å². The van der Waals surface area contributed by atoms with Crippen molar-refractivity contribution in [2.24, 2.45) is 0 Å². The monoisotopic (exact) mass is 270 g/mol. The van der Waals surface area contributed by atoms with E-state index >= 15 is 0 Å². The SMILES string of the molecule is C=CCP(=O)(c1ccccc1)c1cccc(C)c1C. The number of rotatable bonds is 4. The van der Waals surface area contributed by atoms with Crippen molar-refractivity contribution in [3.63, 3.8) is 0 Å². The number of allylic oxidation sites excluding steroid dienone is 1. The van der Waals surface area contributed by atoms with Crippen LogP contribution in [0.1, 0.15) is 11.1 Å². The molecule has 0 fully saturated rings. The molecule has 0 N–H and O–H groups in total. The summed E-state index contributed by atoms with van der Waals surface area (Å²) in [6, 6.07) is 15.8. The average molecular weight is 270 g/mol. The van der Waals surface area contributed by atoms with Crippen LogP contribution in [-0.4, -0.2) is 6.16 Å². The highest BCUT2D eigenvalue weighted by Crippen LogP contribution is 2.44. The molecule has 2 heteroatoms. The summed E-state index contributed by atoms with van der Waals surface area (Å²) in [6.07, 6.45) is 2.26. The van der Waals surface area contributed by atoms with Crippen LogP contribution in [0.4, 0.5) is 0 Å². The zero-order valence-electron chi connectivity index (χ0n) is 11.5. The van der Waals surface area contributed by atoms with Gasteiger partial charge >= 0.3 is 0 Å². The van der Waals surface area contributed by atoms with Gasteiger partial charge in [0.2, 0.25) is 0 Å². The van der Waals surface area contributed by atoms with E-state index in [0.29, 0.717) is 6.16 Å². The topological polar surface area (TPSA) is 17.1 Å². The minimum Gasteiger partial charge on any atom is -0.313 e. The van der Waals surface area contributed by atoms with Gasteiger partial charge in [0, 0.05) is 16.8 Å². The molecule has 2 aromatic carbocycles. The zero-order valence-corrected chi connectivity index (χ0v) is 12.4. The summed E-state index contributed by atoms with van der Waals surface area (Å²) in [5, 5.41) is 1.86. The van der Waals surface area contributed by atoms with E-state index in [1.165, 1.54) is 5.56 Å². The van der Waals surface area contributed by atoms with Gasteiger partial charge in [-0.1, -0.05) is 54.6 Å². The van der Waals surface area contributed by atoms with Gasteiger partial charge in [-0.15, -0.1) is 6.58 Å². The molecule has 2 rings (SSSR count). The molecule has 0 radical (unpaired) electrons. The van der Waals surface area contributed by atoms with E-state index in [2.05, 4.69) is 19.6 Å². The predicted octanol–water partition coefficient (Wildman–Crippen LogP) is 3.80. The first kappa shape index (κ1) is 13.8. The summed E-state index contributed by atoms with van der Waals surface area (Å²) < 4.78 is 13.5. The molecule has 19 heavy (non-hydrogen) atoms. The first-order chi connectivity index (χ1) is 9.09. The molecule has 0 spiro atoms. The Labute approximate surface area is 115 Å². The van der Waals surface area contributed by atoms with Crippen LogP contribution in [0.2, 0.25) is 0 Å². The minimum absolute atomic E-state index is 0.501. The predicted molar refractivity (Wildman–Crippen MR) is 84.3 cm³/mol. The lowest BCUT2D eigenvalue weighted by Crippen LogP contribution is -2.20. The summed E-state index contributed by atoms with van der Waals surface area (Å²) in [5.41, 5.74) is 2.30. The Morgan fingerprint density at radius 1 is 1.05 bits per heavy atom. The van der Waals surface area contributed by atoms with Gasteiger partial charge in [0.15, 0.2) is 0 Å². The minimum atomic E-state index is -2.61. The lowest BCUT2D eigenvalue weighted by molar-refractivity contribution is 0.588. The standard InChI is InChI=1S/C17H19OP/c1-4-13-19(18,16-10-6-5-7-11-16)17-12-8-9-14(2)15(17)3/h4-12H,1,13H2,2-3H3. The first-order valence-electron chi connectivity index (χ1n) is 6.42. The Morgan fingerprint density at radius 3 is 2.37 bits per heavy atom. The molecule has 1 unspecified atom stereocenters. The fourth-order valence-corrected chi connectivity index (χ4v) is 5.07. The quantitative estimate of drug-likeness (QED) is 0.610. The molecule has 0 aliphatic heterocycles. The van der Waals surface area contributed by atoms with Crippen LogP contribution >= 0.6 is 7.14 Å². The molecule has 1 atom stereocenters. The van der Waals surface area contributed by atoms with Crippen LogP contribution in [0.5, 0.6) is 0 Å². The Bertz CT molecular complexity index is 629. The molecule has 1 nitrogen and oxygen atoms in total. The fourth-order valence-electron chi connectivity index (χ4n) is 2.32. The number of hydrogen-bond donors (Lipinski definition) is 0. The van der Waals surface area contributed by atoms with Gasteiger partial charge in [0.25, 0.3) is 0 Å². The number of aryl methyl sites for hydroxylation is 1. The summed E-state index contributed by atoms with van der Waals surface area (Å²) in [7, 11) is -2.61.